The Morgan fingerprint density at radius 2 is 1.81 bits per heavy atom. The second-order valence-corrected chi connectivity index (χ2v) is 10.00. The number of amides is 3. The summed E-state index contributed by atoms with van der Waals surface area (Å²) in [5.74, 6) is 0.431. The van der Waals surface area contributed by atoms with Gasteiger partial charge in [-0.3, -0.25) is 14.4 Å². The molecule has 1 N–H and O–H groups in total. The minimum Gasteiger partial charge on any atom is -0.344 e. The van der Waals surface area contributed by atoms with Crippen LogP contribution in [0.2, 0.25) is 5.02 Å². The Labute approximate surface area is 196 Å². The first-order chi connectivity index (χ1) is 15.3. The van der Waals surface area contributed by atoms with Crippen LogP contribution in [0.3, 0.4) is 0 Å². The molecule has 1 aromatic carbocycles. The zero-order valence-electron chi connectivity index (χ0n) is 19.5. The van der Waals surface area contributed by atoms with Crippen molar-refractivity contribution in [3.05, 3.63) is 34.9 Å². The molecule has 0 spiro atoms. The van der Waals surface area contributed by atoms with Crippen molar-refractivity contribution in [2.45, 2.75) is 71.4 Å². The molecule has 6 nitrogen and oxygen atoms in total. The van der Waals surface area contributed by atoms with Gasteiger partial charge in [-0.2, -0.15) is 0 Å². The fourth-order valence-electron chi connectivity index (χ4n) is 4.84. The predicted octanol–water partition coefficient (Wildman–Crippen LogP) is 4.12. The smallest absolute Gasteiger partial charge is 0.255 e. The van der Waals surface area contributed by atoms with Crippen molar-refractivity contribution in [1.82, 2.24) is 15.1 Å². The molecule has 0 bridgehead atoms. The number of carbonyl (C=O) groups is 3. The van der Waals surface area contributed by atoms with Crippen molar-refractivity contribution >= 4 is 29.3 Å². The van der Waals surface area contributed by atoms with Crippen molar-refractivity contribution in [3.63, 3.8) is 0 Å². The molecule has 3 amide bonds. The van der Waals surface area contributed by atoms with E-state index in [1.165, 1.54) is 25.7 Å². The van der Waals surface area contributed by atoms with Crippen LogP contribution in [-0.2, 0) is 9.59 Å². The molecule has 1 saturated heterocycles. The lowest BCUT2D eigenvalue weighted by Gasteiger charge is -2.41. The maximum atomic E-state index is 13.3. The largest absolute Gasteiger partial charge is 0.344 e. The predicted molar refractivity (Wildman–Crippen MR) is 126 cm³/mol. The molecule has 1 aromatic rings. The maximum absolute atomic E-state index is 13.3. The van der Waals surface area contributed by atoms with Gasteiger partial charge < -0.3 is 15.1 Å². The highest BCUT2D eigenvalue weighted by molar-refractivity contribution is 6.33. The van der Waals surface area contributed by atoms with Gasteiger partial charge in [0, 0.05) is 32.1 Å². The van der Waals surface area contributed by atoms with Crippen LogP contribution >= 0.6 is 11.6 Å². The summed E-state index contributed by atoms with van der Waals surface area (Å²) in [5, 5.41) is 3.43. The first-order valence-corrected chi connectivity index (χ1v) is 12.3. The van der Waals surface area contributed by atoms with Crippen molar-refractivity contribution in [2.75, 3.05) is 19.6 Å². The average molecular weight is 462 g/mol. The molecule has 1 heterocycles. The zero-order chi connectivity index (χ0) is 23.3. The molecule has 7 heteroatoms. The van der Waals surface area contributed by atoms with E-state index in [9.17, 15) is 14.4 Å². The van der Waals surface area contributed by atoms with E-state index < -0.39 is 6.04 Å². The van der Waals surface area contributed by atoms with E-state index in [1.807, 2.05) is 20.8 Å². The Hall–Kier alpha value is -2.08. The normalized spacial score (nSPS) is 20.5. The van der Waals surface area contributed by atoms with Crippen LogP contribution in [0.15, 0.2) is 24.3 Å². The first kappa shape index (κ1) is 24.6. The van der Waals surface area contributed by atoms with E-state index in [4.69, 9.17) is 11.6 Å². The van der Waals surface area contributed by atoms with Gasteiger partial charge in [-0.1, -0.05) is 63.3 Å². The standard InChI is InChI=1S/C25H36ClN3O3/c1-17(2)23(27-22(30)13-12-19-8-4-5-9-19)25(32)28-14-15-29(18(3)16-28)24(31)20-10-6-7-11-21(20)26/h6-7,10-11,17-19,23H,4-5,8-9,12-16H2,1-3H3,(H,27,30). The minimum atomic E-state index is -0.538. The van der Waals surface area contributed by atoms with Gasteiger partial charge in [0.25, 0.3) is 5.91 Å². The summed E-state index contributed by atoms with van der Waals surface area (Å²) in [6.07, 6.45) is 6.36. The summed E-state index contributed by atoms with van der Waals surface area (Å²) in [6, 6.07) is 6.36. The molecule has 0 radical (unpaired) electrons. The molecule has 2 aliphatic rings. The van der Waals surface area contributed by atoms with E-state index in [1.54, 1.807) is 34.1 Å². The molecule has 0 aromatic heterocycles. The summed E-state index contributed by atoms with van der Waals surface area (Å²) >= 11 is 6.20. The van der Waals surface area contributed by atoms with Crippen molar-refractivity contribution in [2.24, 2.45) is 11.8 Å². The second kappa shape index (κ2) is 11.2. The number of rotatable bonds is 7. The Kier molecular flexibility index (Phi) is 8.57. The number of nitrogens with one attached hydrogen (secondary N) is 1. The first-order valence-electron chi connectivity index (χ1n) is 11.9. The van der Waals surface area contributed by atoms with Gasteiger partial charge in [0.15, 0.2) is 0 Å². The molecule has 2 unspecified atom stereocenters. The van der Waals surface area contributed by atoms with Gasteiger partial charge in [0.05, 0.1) is 10.6 Å². The Morgan fingerprint density at radius 3 is 2.44 bits per heavy atom. The lowest BCUT2D eigenvalue weighted by atomic mass is 9.99. The second-order valence-electron chi connectivity index (χ2n) is 9.59. The minimum absolute atomic E-state index is 0.00368. The highest BCUT2D eigenvalue weighted by atomic mass is 35.5. The fourth-order valence-corrected chi connectivity index (χ4v) is 5.06. The van der Waals surface area contributed by atoms with Crippen LogP contribution in [0.5, 0.6) is 0 Å². The Morgan fingerprint density at radius 1 is 1.12 bits per heavy atom. The van der Waals surface area contributed by atoms with Crippen molar-refractivity contribution < 1.29 is 14.4 Å². The number of piperazine rings is 1. The lowest BCUT2D eigenvalue weighted by Crippen LogP contribution is -2.60. The lowest BCUT2D eigenvalue weighted by molar-refractivity contribution is -0.139. The van der Waals surface area contributed by atoms with Crippen molar-refractivity contribution in [3.8, 4) is 0 Å². The molecule has 1 aliphatic heterocycles. The van der Waals surface area contributed by atoms with E-state index in [0.29, 0.717) is 42.6 Å². The number of carbonyl (C=O) groups excluding carboxylic acids is 3. The van der Waals surface area contributed by atoms with Crippen LogP contribution in [0, 0.1) is 11.8 Å². The SMILES string of the molecule is CC(C)C(NC(=O)CCC1CCCC1)C(=O)N1CCN(C(=O)c2ccccc2Cl)C(C)C1. The van der Waals surface area contributed by atoms with E-state index in [2.05, 4.69) is 5.32 Å². The Bertz CT molecular complexity index is 822. The van der Waals surface area contributed by atoms with Gasteiger partial charge >= 0.3 is 0 Å². The highest BCUT2D eigenvalue weighted by Crippen LogP contribution is 2.28. The van der Waals surface area contributed by atoms with Crippen LogP contribution < -0.4 is 5.32 Å². The number of benzene rings is 1. The summed E-state index contributed by atoms with van der Waals surface area (Å²) in [6.45, 7) is 7.19. The topological polar surface area (TPSA) is 69.7 Å². The van der Waals surface area contributed by atoms with Crippen molar-refractivity contribution in [1.29, 1.82) is 0 Å². The Balaban J connectivity index is 1.56. The van der Waals surface area contributed by atoms with Gasteiger partial charge in [-0.25, -0.2) is 0 Å². The maximum Gasteiger partial charge on any atom is 0.255 e. The van der Waals surface area contributed by atoms with Crippen LogP contribution in [0.4, 0.5) is 0 Å². The summed E-state index contributed by atoms with van der Waals surface area (Å²) < 4.78 is 0. The number of hydrogen-bond donors (Lipinski definition) is 1. The van der Waals surface area contributed by atoms with E-state index in [0.717, 1.165) is 6.42 Å². The summed E-state index contributed by atoms with van der Waals surface area (Å²) in [5.41, 5.74) is 0.482. The molecular formula is C25H36ClN3O3. The number of halogens is 1. The third-order valence-corrected chi connectivity index (χ3v) is 7.14. The average Bonchev–Trinajstić information content (AvgIpc) is 3.29. The van der Waals surface area contributed by atoms with Gasteiger partial charge in [-0.15, -0.1) is 0 Å². The van der Waals surface area contributed by atoms with E-state index in [-0.39, 0.29) is 29.7 Å². The molecule has 1 aliphatic carbocycles. The highest BCUT2D eigenvalue weighted by Gasteiger charge is 2.35. The monoisotopic (exact) mass is 461 g/mol. The van der Waals surface area contributed by atoms with Crippen LogP contribution in [-0.4, -0.2) is 59.2 Å². The molecule has 1 saturated carbocycles. The number of nitrogens with zero attached hydrogens (tertiary/aromatic N) is 2. The fraction of sp³-hybridized carbons (Fsp3) is 0.640. The zero-order valence-corrected chi connectivity index (χ0v) is 20.2. The molecule has 176 valence electrons. The number of hydrogen-bond acceptors (Lipinski definition) is 3. The third-order valence-electron chi connectivity index (χ3n) is 6.81. The van der Waals surface area contributed by atoms with Gasteiger partial charge in [-0.05, 0) is 37.3 Å². The van der Waals surface area contributed by atoms with E-state index >= 15 is 0 Å². The molecule has 3 rings (SSSR count). The van der Waals surface area contributed by atoms with Crippen LogP contribution in [0.25, 0.3) is 0 Å². The molecule has 2 fully saturated rings. The van der Waals surface area contributed by atoms with Crippen LogP contribution in [0.1, 0.15) is 69.7 Å². The molecular weight excluding hydrogens is 426 g/mol. The summed E-state index contributed by atoms with van der Waals surface area (Å²) in [7, 11) is 0. The van der Waals surface area contributed by atoms with Gasteiger partial charge in [0.1, 0.15) is 6.04 Å². The molecule has 2 atom stereocenters. The van der Waals surface area contributed by atoms with Gasteiger partial charge in [0.2, 0.25) is 11.8 Å². The quantitative estimate of drug-likeness (QED) is 0.663. The third kappa shape index (κ3) is 6.03. The molecule has 32 heavy (non-hydrogen) atoms. The summed E-state index contributed by atoms with van der Waals surface area (Å²) in [4.78, 5) is 42.3.